The van der Waals surface area contributed by atoms with E-state index in [9.17, 15) is 0 Å². The summed E-state index contributed by atoms with van der Waals surface area (Å²) in [4.78, 5) is 5.46. The first kappa shape index (κ1) is 31.0. The van der Waals surface area contributed by atoms with E-state index in [2.05, 4.69) is 209 Å². The van der Waals surface area contributed by atoms with Crippen molar-refractivity contribution in [3.05, 3.63) is 211 Å². The molecule has 0 radical (unpaired) electrons. The van der Waals surface area contributed by atoms with Gasteiger partial charge in [-0.25, -0.2) is 0 Å². The van der Waals surface area contributed by atoms with Crippen molar-refractivity contribution >= 4 is 76.6 Å². The Morgan fingerprint density at radius 1 is 0.393 bits per heavy atom. The zero-order valence-corrected chi connectivity index (χ0v) is 30.4. The highest BCUT2D eigenvalue weighted by atomic mass is 15.1. The third-order valence-electron chi connectivity index (χ3n) is 11.7. The Bertz CT molecular complexity index is 3350. The molecule has 0 aliphatic carbocycles. The molecule has 1 aliphatic heterocycles. The molecule has 0 bridgehead atoms. The van der Waals surface area contributed by atoms with Crippen LogP contribution >= 0.6 is 0 Å². The largest absolute Gasteiger partial charge is 0.359 e. The molecule has 0 saturated heterocycles. The summed E-state index contributed by atoms with van der Waals surface area (Å²) in [5.74, 6) is 0. The molecular weight excluding hydrogens is 681 g/mol. The van der Waals surface area contributed by atoms with E-state index in [1.165, 1.54) is 65.2 Å². The molecule has 0 saturated carbocycles. The van der Waals surface area contributed by atoms with Gasteiger partial charge in [0.1, 0.15) is 6.17 Å². The topological polar surface area (TPSA) is 34.2 Å². The van der Waals surface area contributed by atoms with Crippen LogP contribution in [0, 0.1) is 0 Å². The van der Waals surface area contributed by atoms with Crippen molar-refractivity contribution in [3.8, 4) is 11.4 Å². The van der Waals surface area contributed by atoms with Crippen LogP contribution in [0.3, 0.4) is 0 Å². The van der Waals surface area contributed by atoms with Crippen molar-refractivity contribution in [2.24, 2.45) is 4.99 Å². The molecule has 0 spiro atoms. The zero-order valence-electron chi connectivity index (χ0n) is 30.4. The lowest BCUT2D eigenvalue weighted by Gasteiger charge is -2.28. The normalized spacial score (nSPS) is 14.1. The number of benzene rings is 9. The number of nitrogens with zero attached hydrogens (tertiary/aromatic N) is 3. The molecule has 0 amide bonds. The van der Waals surface area contributed by atoms with Crippen LogP contribution in [-0.4, -0.2) is 14.8 Å². The lowest BCUT2D eigenvalue weighted by molar-refractivity contribution is 0.832. The Morgan fingerprint density at radius 3 is 1.62 bits per heavy atom. The van der Waals surface area contributed by atoms with Crippen molar-refractivity contribution in [2.45, 2.75) is 6.17 Å². The van der Waals surface area contributed by atoms with E-state index in [-0.39, 0.29) is 6.17 Å². The van der Waals surface area contributed by atoms with Crippen LogP contribution < -0.4 is 5.32 Å². The predicted octanol–water partition coefficient (Wildman–Crippen LogP) is 13.1. The highest BCUT2D eigenvalue weighted by molar-refractivity contribution is 6.20. The first-order chi connectivity index (χ1) is 27.8. The van der Waals surface area contributed by atoms with Gasteiger partial charge in [0.25, 0.3) is 0 Å². The summed E-state index contributed by atoms with van der Waals surface area (Å²) >= 11 is 0. The van der Waals surface area contributed by atoms with Gasteiger partial charge in [-0.15, -0.1) is 0 Å². The van der Waals surface area contributed by atoms with Crippen LogP contribution in [0.5, 0.6) is 0 Å². The van der Waals surface area contributed by atoms with Crippen LogP contribution in [-0.2, 0) is 0 Å². The second-order valence-corrected chi connectivity index (χ2v) is 14.8. The Hall–Kier alpha value is -7.43. The second kappa shape index (κ2) is 12.0. The highest BCUT2D eigenvalue weighted by Gasteiger charge is 2.25. The minimum absolute atomic E-state index is 0.232. The van der Waals surface area contributed by atoms with Gasteiger partial charge < -0.3 is 14.5 Å². The number of aromatic nitrogens is 2. The predicted molar refractivity (Wildman–Crippen MR) is 235 cm³/mol. The molecule has 2 aromatic heterocycles. The molecule has 9 aromatic carbocycles. The number of aliphatic imine (C=N–C) groups is 1. The molecule has 262 valence electrons. The van der Waals surface area contributed by atoms with Gasteiger partial charge in [-0.3, -0.25) is 4.99 Å². The third-order valence-corrected chi connectivity index (χ3v) is 11.7. The fourth-order valence-electron chi connectivity index (χ4n) is 9.10. The summed E-state index contributed by atoms with van der Waals surface area (Å²) < 4.78 is 4.81. The Balaban J connectivity index is 1.02. The van der Waals surface area contributed by atoms with E-state index in [1.54, 1.807) is 0 Å². The molecule has 0 fully saturated rings. The number of rotatable bonds is 4. The number of para-hydroxylation sites is 3. The standard InChI is InChI=1S/C52H34N4/c1-2-13-36-31-37(22-21-33(36)11-1)52-53-50(45-29-25-34-12-3-4-14-40(34)51(45)54-52)35-23-26-38(27-24-35)55-46-18-8-7-17-43(46)44-30-28-39(32-49(44)55)56-47-19-9-5-15-41(47)42-16-6-10-20-48(42)56/h1-32,52,54H. The number of hydrogen-bond donors (Lipinski definition) is 1. The molecule has 56 heavy (non-hydrogen) atoms. The van der Waals surface area contributed by atoms with E-state index in [0.29, 0.717) is 0 Å². The highest BCUT2D eigenvalue weighted by Crippen LogP contribution is 2.40. The summed E-state index contributed by atoms with van der Waals surface area (Å²) in [5.41, 5.74) is 12.5. The van der Waals surface area contributed by atoms with Gasteiger partial charge in [0, 0.05) is 49.4 Å². The van der Waals surface area contributed by atoms with Crippen LogP contribution in [0.15, 0.2) is 199 Å². The number of anilines is 1. The molecule has 4 nitrogen and oxygen atoms in total. The lowest BCUT2D eigenvalue weighted by Crippen LogP contribution is -2.21. The van der Waals surface area contributed by atoms with Crippen molar-refractivity contribution < 1.29 is 0 Å². The van der Waals surface area contributed by atoms with E-state index in [4.69, 9.17) is 4.99 Å². The summed E-state index contributed by atoms with van der Waals surface area (Å²) in [7, 11) is 0. The summed E-state index contributed by atoms with van der Waals surface area (Å²) in [6, 6.07) is 70.3. The van der Waals surface area contributed by atoms with Gasteiger partial charge in [-0.1, -0.05) is 146 Å². The van der Waals surface area contributed by atoms with Gasteiger partial charge in [0.2, 0.25) is 0 Å². The summed E-state index contributed by atoms with van der Waals surface area (Å²) in [5, 5.41) is 13.7. The molecular formula is C52H34N4. The quantitative estimate of drug-likeness (QED) is 0.193. The lowest BCUT2D eigenvalue weighted by atomic mass is 9.93. The molecule has 1 atom stereocenters. The first-order valence-corrected chi connectivity index (χ1v) is 19.2. The van der Waals surface area contributed by atoms with E-state index in [0.717, 1.165) is 39.5 Å². The van der Waals surface area contributed by atoms with E-state index in [1.807, 2.05) is 0 Å². The van der Waals surface area contributed by atoms with Crippen molar-refractivity contribution in [1.82, 2.24) is 9.13 Å². The summed E-state index contributed by atoms with van der Waals surface area (Å²) in [6.45, 7) is 0. The van der Waals surface area contributed by atoms with Gasteiger partial charge >= 0.3 is 0 Å². The van der Waals surface area contributed by atoms with Crippen molar-refractivity contribution in [3.63, 3.8) is 0 Å². The SMILES string of the molecule is c1ccc2cc(C3N=C(c4ccc(-n5c6ccccc6c6ccc(-n7c8ccccc8c8ccccc87)cc65)cc4)c4ccc5ccccc5c4N3)ccc2c1. The average molecular weight is 715 g/mol. The molecule has 1 aliphatic rings. The molecule has 1 unspecified atom stereocenters. The maximum atomic E-state index is 5.46. The van der Waals surface area contributed by atoms with Gasteiger partial charge in [-0.05, 0) is 70.3 Å². The van der Waals surface area contributed by atoms with E-state index < -0.39 is 0 Å². The first-order valence-electron chi connectivity index (χ1n) is 19.2. The van der Waals surface area contributed by atoms with Crippen molar-refractivity contribution in [2.75, 3.05) is 5.32 Å². The number of nitrogens with one attached hydrogen (secondary N) is 1. The zero-order chi connectivity index (χ0) is 36.7. The molecule has 4 heteroatoms. The number of hydrogen-bond acceptors (Lipinski definition) is 2. The third kappa shape index (κ3) is 4.63. The minimum atomic E-state index is -0.232. The van der Waals surface area contributed by atoms with Crippen LogP contribution in [0.2, 0.25) is 0 Å². The molecule has 11 aromatic rings. The number of fused-ring (bicyclic) bond motifs is 10. The molecule has 1 N–H and O–H groups in total. The van der Waals surface area contributed by atoms with Gasteiger partial charge in [-0.2, -0.15) is 0 Å². The van der Waals surface area contributed by atoms with Crippen LogP contribution in [0.4, 0.5) is 5.69 Å². The summed E-state index contributed by atoms with van der Waals surface area (Å²) in [6.07, 6.45) is -0.232. The second-order valence-electron chi connectivity index (χ2n) is 14.8. The van der Waals surface area contributed by atoms with Gasteiger partial charge in [0.05, 0.1) is 33.5 Å². The minimum Gasteiger partial charge on any atom is -0.359 e. The maximum absolute atomic E-state index is 5.46. The fourth-order valence-corrected chi connectivity index (χ4v) is 9.10. The smallest absolute Gasteiger partial charge is 0.145 e. The van der Waals surface area contributed by atoms with Crippen LogP contribution in [0.25, 0.3) is 76.5 Å². The van der Waals surface area contributed by atoms with Gasteiger partial charge in [0.15, 0.2) is 0 Å². The monoisotopic (exact) mass is 714 g/mol. The maximum Gasteiger partial charge on any atom is 0.145 e. The fraction of sp³-hybridized carbons (Fsp3) is 0.0192. The van der Waals surface area contributed by atoms with Crippen LogP contribution in [0.1, 0.15) is 22.9 Å². The van der Waals surface area contributed by atoms with Crippen molar-refractivity contribution in [1.29, 1.82) is 0 Å². The molecule has 3 heterocycles. The Kier molecular flexibility index (Phi) is 6.66. The average Bonchev–Trinajstić information content (AvgIpc) is 3.78. The van der Waals surface area contributed by atoms with E-state index >= 15 is 0 Å². The molecule has 12 rings (SSSR count). The Morgan fingerprint density at radius 2 is 0.929 bits per heavy atom. The Labute approximate surface area is 323 Å².